The fourth-order valence-electron chi connectivity index (χ4n) is 1.21. The van der Waals surface area contributed by atoms with Crippen LogP contribution in [0, 0.1) is 0 Å². The maximum Gasteiger partial charge on any atom is 0.411 e. The average Bonchev–Trinajstić information content (AvgIpc) is 2.14. The number of carbonyl (C=O) groups is 2. The minimum Gasteiger partial charge on any atom is -0.480 e. The number of hydrogen-bond donors (Lipinski definition) is 1. The number of methoxy groups -OCH3 is 1. The van der Waals surface area contributed by atoms with Gasteiger partial charge in [-0.3, -0.25) is 4.90 Å². The van der Waals surface area contributed by atoms with Gasteiger partial charge >= 0.3 is 12.1 Å². The lowest BCUT2D eigenvalue weighted by Gasteiger charge is -2.36. The van der Waals surface area contributed by atoms with Gasteiger partial charge in [-0.05, 0) is 34.6 Å². The summed E-state index contributed by atoms with van der Waals surface area (Å²) in [6, 6.07) is 0. The van der Waals surface area contributed by atoms with E-state index in [9.17, 15) is 9.59 Å². The Labute approximate surface area is 108 Å². The molecule has 0 aliphatic rings. The summed E-state index contributed by atoms with van der Waals surface area (Å²) in [5.41, 5.74) is -2.02. The monoisotopic (exact) mass is 261 g/mol. The van der Waals surface area contributed by atoms with Gasteiger partial charge in [0.05, 0.1) is 6.61 Å². The highest BCUT2D eigenvalue weighted by atomic mass is 16.6. The smallest absolute Gasteiger partial charge is 0.411 e. The number of carbonyl (C=O) groups excluding carboxylic acids is 1. The summed E-state index contributed by atoms with van der Waals surface area (Å²) in [7, 11) is 1.49. The van der Waals surface area contributed by atoms with Crippen LogP contribution in [-0.2, 0) is 14.3 Å². The molecular weight excluding hydrogens is 238 g/mol. The third-order valence-electron chi connectivity index (χ3n) is 2.33. The fourth-order valence-corrected chi connectivity index (χ4v) is 1.21. The Morgan fingerprint density at radius 1 is 1.17 bits per heavy atom. The molecule has 0 bridgehead atoms. The Bertz CT molecular complexity index is 306. The third kappa shape index (κ3) is 4.91. The average molecular weight is 261 g/mol. The quantitative estimate of drug-likeness (QED) is 0.815. The Hall–Kier alpha value is -1.30. The van der Waals surface area contributed by atoms with Crippen molar-refractivity contribution in [2.75, 3.05) is 20.3 Å². The molecule has 0 rings (SSSR count). The molecule has 0 unspecified atom stereocenters. The minimum absolute atomic E-state index is 0.157. The summed E-state index contributed by atoms with van der Waals surface area (Å²) >= 11 is 0. The molecule has 0 aromatic heterocycles. The van der Waals surface area contributed by atoms with Crippen LogP contribution in [0.3, 0.4) is 0 Å². The molecule has 0 aliphatic heterocycles. The van der Waals surface area contributed by atoms with E-state index in [1.165, 1.54) is 21.0 Å². The summed E-state index contributed by atoms with van der Waals surface area (Å²) in [5.74, 6) is -1.09. The first-order valence-electron chi connectivity index (χ1n) is 5.75. The van der Waals surface area contributed by atoms with Gasteiger partial charge in [-0.2, -0.15) is 0 Å². The van der Waals surface area contributed by atoms with Gasteiger partial charge in [0, 0.05) is 13.7 Å². The first-order valence-corrected chi connectivity index (χ1v) is 5.75. The van der Waals surface area contributed by atoms with Crippen molar-refractivity contribution in [3.8, 4) is 0 Å². The van der Waals surface area contributed by atoms with Crippen molar-refractivity contribution in [1.29, 1.82) is 0 Å². The Kier molecular flexibility index (Phi) is 5.60. The van der Waals surface area contributed by atoms with Crippen molar-refractivity contribution in [3.63, 3.8) is 0 Å². The number of carboxylic acid groups (broad SMARTS) is 1. The second-order valence-electron chi connectivity index (χ2n) is 5.49. The zero-order valence-corrected chi connectivity index (χ0v) is 11.9. The normalized spacial score (nSPS) is 12.1. The predicted octanol–water partition coefficient (Wildman–Crippen LogP) is 1.73. The van der Waals surface area contributed by atoms with E-state index >= 15 is 0 Å². The summed E-state index contributed by atoms with van der Waals surface area (Å²) in [4.78, 5) is 24.4. The number of carboxylic acids is 1. The van der Waals surface area contributed by atoms with Gasteiger partial charge in [-0.15, -0.1) is 0 Å². The van der Waals surface area contributed by atoms with Gasteiger partial charge < -0.3 is 14.6 Å². The fraction of sp³-hybridized carbons (Fsp3) is 0.833. The van der Waals surface area contributed by atoms with Crippen molar-refractivity contribution in [3.05, 3.63) is 0 Å². The molecule has 1 amide bonds. The number of nitrogens with zero attached hydrogens (tertiary/aromatic N) is 1. The molecule has 0 saturated carbocycles. The van der Waals surface area contributed by atoms with Crippen LogP contribution < -0.4 is 0 Å². The Morgan fingerprint density at radius 3 is 2.00 bits per heavy atom. The van der Waals surface area contributed by atoms with Crippen molar-refractivity contribution >= 4 is 12.1 Å². The molecule has 0 atom stereocenters. The maximum absolute atomic E-state index is 12.0. The first-order chi connectivity index (χ1) is 8.02. The van der Waals surface area contributed by atoms with E-state index in [4.69, 9.17) is 14.6 Å². The lowest BCUT2D eigenvalue weighted by atomic mass is 10.0. The summed E-state index contributed by atoms with van der Waals surface area (Å²) in [6.07, 6.45) is -0.660. The Morgan fingerprint density at radius 2 is 1.67 bits per heavy atom. The first kappa shape index (κ1) is 16.7. The van der Waals surface area contributed by atoms with Gasteiger partial charge in [0.2, 0.25) is 0 Å². The van der Waals surface area contributed by atoms with Crippen molar-refractivity contribution in [2.24, 2.45) is 0 Å². The molecule has 0 aliphatic carbocycles. The van der Waals surface area contributed by atoms with E-state index < -0.39 is 23.2 Å². The number of amides is 1. The van der Waals surface area contributed by atoms with E-state index in [1.807, 2.05) is 0 Å². The van der Waals surface area contributed by atoms with Crippen LogP contribution >= 0.6 is 0 Å². The van der Waals surface area contributed by atoms with Crippen LogP contribution in [0.2, 0.25) is 0 Å². The highest BCUT2D eigenvalue weighted by Crippen LogP contribution is 2.19. The molecule has 0 radical (unpaired) electrons. The SMILES string of the molecule is COCCN(C(=O)OC(C)(C)C)C(C)(C)C(=O)O. The van der Waals surface area contributed by atoms with Gasteiger partial charge in [-0.25, -0.2) is 9.59 Å². The van der Waals surface area contributed by atoms with Crippen molar-refractivity contribution < 1.29 is 24.2 Å². The molecule has 0 aromatic carbocycles. The minimum atomic E-state index is -1.35. The zero-order valence-electron chi connectivity index (χ0n) is 11.9. The molecule has 106 valence electrons. The van der Waals surface area contributed by atoms with E-state index in [1.54, 1.807) is 20.8 Å². The molecular formula is C12H23NO5. The number of ether oxygens (including phenoxy) is 2. The molecule has 0 aromatic rings. The number of aliphatic carboxylic acids is 1. The second-order valence-corrected chi connectivity index (χ2v) is 5.49. The van der Waals surface area contributed by atoms with Gasteiger partial charge in [0.25, 0.3) is 0 Å². The van der Waals surface area contributed by atoms with Crippen LogP contribution in [0.15, 0.2) is 0 Å². The number of rotatable bonds is 5. The largest absolute Gasteiger partial charge is 0.480 e. The summed E-state index contributed by atoms with van der Waals surface area (Å²) < 4.78 is 10.1. The highest BCUT2D eigenvalue weighted by molar-refractivity contribution is 5.83. The van der Waals surface area contributed by atoms with E-state index in [2.05, 4.69) is 0 Å². The maximum atomic E-state index is 12.0. The van der Waals surface area contributed by atoms with Crippen LogP contribution in [0.1, 0.15) is 34.6 Å². The molecule has 6 nitrogen and oxygen atoms in total. The van der Waals surface area contributed by atoms with Gasteiger partial charge in [0.15, 0.2) is 0 Å². The van der Waals surface area contributed by atoms with Crippen LogP contribution in [0.25, 0.3) is 0 Å². The van der Waals surface area contributed by atoms with Gasteiger partial charge in [-0.1, -0.05) is 0 Å². The molecule has 6 heteroatoms. The molecule has 1 N–H and O–H groups in total. The molecule has 0 heterocycles. The standard InChI is InChI=1S/C12H23NO5/c1-11(2,3)18-10(16)13(7-8-17-6)12(4,5)9(14)15/h7-8H2,1-6H3,(H,14,15). The van der Waals surface area contributed by atoms with E-state index in [0.29, 0.717) is 0 Å². The lowest BCUT2D eigenvalue weighted by Crippen LogP contribution is -2.55. The topological polar surface area (TPSA) is 76.1 Å². The zero-order chi connectivity index (χ0) is 14.6. The van der Waals surface area contributed by atoms with Crippen molar-refractivity contribution in [2.45, 2.75) is 45.8 Å². The van der Waals surface area contributed by atoms with Crippen LogP contribution in [0.5, 0.6) is 0 Å². The molecule has 0 spiro atoms. The summed E-state index contributed by atoms with van der Waals surface area (Å²) in [5, 5.41) is 9.17. The summed E-state index contributed by atoms with van der Waals surface area (Å²) in [6.45, 7) is 8.50. The van der Waals surface area contributed by atoms with E-state index in [0.717, 1.165) is 4.90 Å². The number of hydrogen-bond acceptors (Lipinski definition) is 4. The molecule has 0 saturated heterocycles. The van der Waals surface area contributed by atoms with E-state index in [-0.39, 0.29) is 13.2 Å². The molecule has 0 fully saturated rings. The predicted molar refractivity (Wildman–Crippen MR) is 66.5 cm³/mol. The molecule has 18 heavy (non-hydrogen) atoms. The Balaban J connectivity index is 5.00. The van der Waals surface area contributed by atoms with Crippen molar-refractivity contribution in [1.82, 2.24) is 4.90 Å². The lowest BCUT2D eigenvalue weighted by molar-refractivity contribution is -0.149. The van der Waals surface area contributed by atoms with Gasteiger partial charge in [0.1, 0.15) is 11.1 Å². The van der Waals surface area contributed by atoms with Crippen LogP contribution in [-0.4, -0.2) is 53.5 Å². The van der Waals surface area contributed by atoms with Crippen LogP contribution in [0.4, 0.5) is 4.79 Å². The highest BCUT2D eigenvalue weighted by Gasteiger charge is 2.39. The third-order valence-corrected chi connectivity index (χ3v) is 2.33. The second kappa shape index (κ2) is 6.04.